The van der Waals surface area contributed by atoms with Gasteiger partial charge in [0.15, 0.2) is 0 Å². The van der Waals surface area contributed by atoms with Crippen LogP contribution in [0.1, 0.15) is 30.1 Å². The Bertz CT molecular complexity index is 1270. The second-order valence-electron chi connectivity index (χ2n) is 7.10. The molecule has 2 aromatic carbocycles. The monoisotopic (exact) mass is 528 g/mol. The Balaban J connectivity index is 2.10. The summed E-state index contributed by atoms with van der Waals surface area (Å²) in [7, 11) is -2.73. The summed E-state index contributed by atoms with van der Waals surface area (Å²) in [4.78, 5) is 24.6. The predicted molar refractivity (Wildman–Crippen MR) is 132 cm³/mol. The van der Waals surface area contributed by atoms with E-state index in [1.807, 2.05) is 6.92 Å². The number of ether oxygens (including phenoxy) is 1. The maximum absolute atomic E-state index is 13.6. The van der Waals surface area contributed by atoms with Crippen LogP contribution < -0.4 is 9.62 Å². The van der Waals surface area contributed by atoms with Crippen molar-refractivity contribution < 1.29 is 22.7 Å². The molecule has 0 spiro atoms. The number of unbranched alkanes of at least 4 members (excludes halogenated alkanes) is 1. The molecule has 0 fully saturated rings. The second-order valence-corrected chi connectivity index (χ2v) is 10.7. The van der Waals surface area contributed by atoms with Gasteiger partial charge in [-0.05, 0) is 42.8 Å². The number of halogens is 2. The number of thiophene rings is 1. The van der Waals surface area contributed by atoms with E-state index in [1.54, 1.807) is 23.6 Å². The van der Waals surface area contributed by atoms with Gasteiger partial charge < -0.3 is 10.1 Å². The number of carbonyl (C=O) groups is 2. The van der Waals surface area contributed by atoms with E-state index < -0.39 is 22.5 Å². The number of nitrogens with zero attached hydrogens (tertiary/aromatic N) is 1. The summed E-state index contributed by atoms with van der Waals surface area (Å²) in [6.45, 7) is 1.59. The van der Waals surface area contributed by atoms with Crippen LogP contribution in [0.4, 0.5) is 5.69 Å². The zero-order valence-corrected chi connectivity index (χ0v) is 21.1. The molecule has 1 N–H and O–H groups in total. The fraction of sp³-hybridized carbons (Fsp3) is 0.273. The molecule has 11 heteroatoms. The molecule has 0 saturated heterocycles. The Morgan fingerprint density at radius 2 is 1.82 bits per heavy atom. The van der Waals surface area contributed by atoms with Gasteiger partial charge in [-0.1, -0.05) is 36.5 Å². The van der Waals surface area contributed by atoms with Crippen molar-refractivity contribution in [1.82, 2.24) is 5.32 Å². The number of anilines is 1. The molecule has 0 aliphatic heterocycles. The standard InChI is InChI=1S/C22H22Cl2N2O5S2/c1-3-4-7-31-21(27)12-26(33(29,30)17-9-14(23)8-15(24)10-17)16-5-6-20-18(11-16)19(13-32-20)22(28)25-2/h5-6,8-11,13H,3-4,7,12H2,1-2H3,(H,25,28). The Kier molecular flexibility index (Phi) is 8.23. The van der Waals surface area contributed by atoms with Gasteiger partial charge in [-0.15, -0.1) is 11.3 Å². The SMILES string of the molecule is CCCCOC(=O)CN(c1ccc2scc(C(=O)NC)c2c1)S(=O)(=O)c1cc(Cl)cc(Cl)c1. The molecular formula is C22H22Cl2N2O5S2. The summed E-state index contributed by atoms with van der Waals surface area (Å²) in [5, 5.41) is 5.12. The van der Waals surface area contributed by atoms with Crippen LogP contribution in [0.5, 0.6) is 0 Å². The summed E-state index contributed by atoms with van der Waals surface area (Å²) in [6.07, 6.45) is 1.49. The van der Waals surface area contributed by atoms with Crippen molar-refractivity contribution in [3.8, 4) is 0 Å². The van der Waals surface area contributed by atoms with Gasteiger partial charge in [-0.2, -0.15) is 0 Å². The fourth-order valence-corrected chi connectivity index (χ4v) is 6.15. The molecule has 0 radical (unpaired) electrons. The van der Waals surface area contributed by atoms with Crippen LogP contribution >= 0.6 is 34.5 Å². The van der Waals surface area contributed by atoms with E-state index in [4.69, 9.17) is 27.9 Å². The molecule has 1 amide bonds. The summed E-state index contributed by atoms with van der Waals surface area (Å²) >= 11 is 13.4. The minimum atomic E-state index is -4.25. The first kappa shape index (κ1) is 25.3. The van der Waals surface area contributed by atoms with Crippen LogP contribution in [0, 0.1) is 0 Å². The van der Waals surface area contributed by atoms with Crippen LogP contribution in [0.3, 0.4) is 0 Å². The van der Waals surface area contributed by atoms with Gasteiger partial charge in [0, 0.05) is 32.6 Å². The number of hydrogen-bond donors (Lipinski definition) is 1. The average molecular weight is 529 g/mol. The largest absolute Gasteiger partial charge is 0.464 e. The zero-order valence-electron chi connectivity index (χ0n) is 17.9. The number of sulfonamides is 1. The number of esters is 1. The number of rotatable bonds is 9. The van der Waals surface area contributed by atoms with Gasteiger partial charge >= 0.3 is 5.97 Å². The first-order valence-corrected chi connectivity index (χ1v) is 13.1. The van der Waals surface area contributed by atoms with Crippen LogP contribution in [0.2, 0.25) is 10.0 Å². The van der Waals surface area contributed by atoms with Gasteiger partial charge in [0.25, 0.3) is 15.9 Å². The van der Waals surface area contributed by atoms with E-state index in [2.05, 4.69) is 5.32 Å². The lowest BCUT2D eigenvalue weighted by atomic mass is 10.1. The lowest BCUT2D eigenvalue weighted by Crippen LogP contribution is -2.36. The van der Waals surface area contributed by atoms with Crippen molar-refractivity contribution in [2.24, 2.45) is 0 Å². The highest BCUT2D eigenvalue weighted by molar-refractivity contribution is 7.92. The Morgan fingerprint density at radius 1 is 1.12 bits per heavy atom. The molecule has 3 rings (SSSR count). The topological polar surface area (TPSA) is 92.8 Å². The van der Waals surface area contributed by atoms with Gasteiger partial charge in [0.1, 0.15) is 6.54 Å². The van der Waals surface area contributed by atoms with E-state index in [0.29, 0.717) is 17.4 Å². The number of amides is 1. The Labute approximate surface area is 206 Å². The van der Waals surface area contributed by atoms with Crippen molar-refractivity contribution in [1.29, 1.82) is 0 Å². The normalized spacial score (nSPS) is 11.4. The lowest BCUT2D eigenvalue weighted by molar-refractivity contribution is -0.141. The summed E-state index contributed by atoms with van der Waals surface area (Å²) in [6, 6.07) is 8.79. The number of carbonyl (C=O) groups excluding carboxylic acids is 2. The molecule has 0 bridgehead atoms. The number of benzene rings is 2. The fourth-order valence-electron chi connectivity index (χ4n) is 3.10. The first-order chi connectivity index (χ1) is 15.7. The van der Waals surface area contributed by atoms with Crippen LogP contribution in [-0.2, 0) is 19.6 Å². The highest BCUT2D eigenvalue weighted by atomic mass is 35.5. The van der Waals surface area contributed by atoms with E-state index in [1.165, 1.54) is 36.6 Å². The van der Waals surface area contributed by atoms with E-state index >= 15 is 0 Å². The quantitative estimate of drug-likeness (QED) is 0.307. The van der Waals surface area contributed by atoms with Crippen molar-refractivity contribution in [3.63, 3.8) is 0 Å². The predicted octanol–water partition coefficient (Wildman–Crippen LogP) is 5.11. The maximum atomic E-state index is 13.6. The van der Waals surface area contributed by atoms with Gasteiger partial charge in [0.05, 0.1) is 22.8 Å². The molecular weight excluding hydrogens is 507 g/mol. The van der Waals surface area contributed by atoms with Crippen molar-refractivity contribution in [2.45, 2.75) is 24.7 Å². The maximum Gasteiger partial charge on any atom is 0.326 e. The minimum absolute atomic E-state index is 0.140. The molecule has 0 saturated carbocycles. The summed E-state index contributed by atoms with van der Waals surface area (Å²) in [5.41, 5.74) is 0.614. The Morgan fingerprint density at radius 3 is 2.45 bits per heavy atom. The smallest absolute Gasteiger partial charge is 0.326 e. The first-order valence-electron chi connectivity index (χ1n) is 10.0. The van der Waals surface area contributed by atoms with Crippen LogP contribution in [0.25, 0.3) is 10.1 Å². The minimum Gasteiger partial charge on any atom is -0.464 e. The number of nitrogens with one attached hydrogen (secondary N) is 1. The number of hydrogen-bond acceptors (Lipinski definition) is 6. The summed E-state index contributed by atoms with van der Waals surface area (Å²) < 4.78 is 34.1. The van der Waals surface area contributed by atoms with E-state index in [0.717, 1.165) is 15.4 Å². The third kappa shape index (κ3) is 5.78. The molecule has 0 unspecified atom stereocenters. The van der Waals surface area contributed by atoms with E-state index in [-0.39, 0.29) is 33.1 Å². The molecule has 0 atom stereocenters. The second kappa shape index (κ2) is 10.7. The van der Waals surface area contributed by atoms with Gasteiger partial charge in [-0.3, -0.25) is 13.9 Å². The third-order valence-electron chi connectivity index (χ3n) is 4.77. The molecule has 33 heavy (non-hydrogen) atoms. The molecule has 1 aromatic heterocycles. The highest BCUT2D eigenvalue weighted by Gasteiger charge is 2.29. The summed E-state index contributed by atoms with van der Waals surface area (Å²) in [5.74, 6) is -0.995. The molecule has 1 heterocycles. The number of fused-ring (bicyclic) bond motifs is 1. The van der Waals surface area contributed by atoms with Crippen LogP contribution in [0.15, 0.2) is 46.7 Å². The molecule has 0 aliphatic carbocycles. The molecule has 0 aliphatic rings. The van der Waals surface area contributed by atoms with Crippen molar-refractivity contribution >= 4 is 72.2 Å². The zero-order chi connectivity index (χ0) is 24.2. The third-order valence-corrected chi connectivity index (χ3v) is 7.93. The average Bonchev–Trinajstić information content (AvgIpc) is 3.19. The van der Waals surface area contributed by atoms with E-state index in [9.17, 15) is 18.0 Å². The van der Waals surface area contributed by atoms with Gasteiger partial charge in [0.2, 0.25) is 0 Å². The molecule has 7 nitrogen and oxygen atoms in total. The van der Waals surface area contributed by atoms with Gasteiger partial charge in [-0.25, -0.2) is 8.42 Å². The molecule has 176 valence electrons. The highest BCUT2D eigenvalue weighted by Crippen LogP contribution is 2.33. The lowest BCUT2D eigenvalue weighted by Gasteiger charge is -2.24. The molecule has 3 aromatic rings. The van der Waals surface area contributed by atoms with Crippen molar-refractivity contribution in [2.75, 3.05) is 24.5 Å². The Hall–Kier alpha value is -2.33. The van der Waals surface area contributed by atoms with Crippen LogP contribution in [-0.4, -0.2) is 40.5 Å². The van der Waals surface area contributed by atoms with Crippen molar-refractivity contribution in [3.05, 3.63) is 57.4 Å².